The number of aromatic nitrogens is 1. The number of piperidine rings is 3. The van der Waals surface area contributed by atoms with E-state index in [4.69, 9.17) is 9.26 Å². The smallest absolute Gasteiger partial charge is 0.343 e. The van der Waals surface area contributed by atoms with E-state index in [9.17, 15) is 14.7 Å². The van der Waals surface area contributed by atoms with Gasteiger partial charge in [0.25, 0.3) is 5.91 Å². The lowest BCUT2D eigenvalue weighted by atomic mass is 9.74. The average molecular weight is 583 g/mol. The topological polar surface area (TPSA) is 102 Å². The van der Waals surface area contributed by atoms with Crippen LogP contribution in [0.1, 0.15) is 63.2 Å². The van der Waals surface area contributed by atoms with E-state index >= 15 is 0 Å². The Labute approximate surface area is 226 Å². The lowest BCUT2D eigenvalue weighted by molar-refractivity contribution is -0.939. The minimum absolute atomic E-state index is 0. The van der Waals surface area contributed by atoms with E-state index in [2.05, 4.69) is 10.5 Å². The number of aliphatic hydroxyl groups is 1. The molecule has 5 heterocycles. The van der Waals surface area contributed by atoms with Crippen LogP contribution in [0.4, 0.5) is 5.82 Å². The number of carbonyl (C=O) groups is 2. The van der Waals surface area contributed by atoms with Gasteiger partial charge in [0.1, 0.15) is 12.3 Å². The Kier molecular flexibility index (Phi) is 8.59. The van der Waals surface area contributed by atoms with E-state index < -0.39 is 11.6 Å². The second-order valence-corrected chi connectivity index (χ2v) is 11.4. The summed E-state index contributed by atoms with van der Waals surface area (Å²) in [5.74, 6) is 0.705. The first-order valence-corrected chi connectivity index (χ1v) is 13.9. The zero-order valence-corrected chi connectivity index (χ0v) is 23.2. The third kappa shape index (κ3) is 5.42. The fourth-order valence-electron chi connectivity index (χ4n) is 6.35. The summed E-state index contributed by atoms with van der Waals surface area (Å²) in [7, 11) is 0. The van der Waals surface area contributed by atoms with Gasteiger partial charge in [0.2, 0.25) is 0 Å². The van der Waals surface area contributed by atoms with Gasteiger partial charge in [-0.15, -0.1) is 0 Å². The Bertz CT molecular complexity index is 1030. The first kappa shape index (κ1) is 27.3. The van der Waals surface area contributed by atoms with Crippen molar-refractivity contribution in [2.75, 3.05) is 31.5 Å². The molecule has 2 aromatic heterocycles. The molecule has 4 aliphatic rings. The minimum atomic E-state index is -1.60. The number of hydrogen-bond donors (Lipinski definition) is 2. The van der Waals surface area contributed by atoms with Crippen LogP contribution < -0.4 is 22.3 Å². The Morgan fingerprint density at radius 2 is 2.00 bits per heavy atom. The maximum absolute atomic E-state index is 13.6. The molecule has 2 atom stereocenters. The lowest BCUT2D eigenvalue weighted by Crippen LogP contribution is -3.00. The van der Waals surface area contributed by atoms with Crippen LogP contribution in [-0.2, 0) is 26.3 Å². The monoisotopic (exact) mass is 581 g/mol. The second-order valence-electron chi connectivity index (χ2n) is 10.6. The van der Waals surface area contributed by atoms with Crippen molar-refractivity contribution in [1.29, 1.82) is 0 Å². The molecule has 1 saturated carbocycles. The van der Waals surface area contributed by atoms with Gasteiger partial charge in [0, 0.05) is 42.7 Å². The number of thiophene rings is 1. The third-order valence-corrected chi connectivity index (χ3v) is 9.11. The number of esters is 1. The zero-order valence-electron chi connectivity index (χ0n) is 20.8. The molecule has 0 spiro atoms. The van der Waals surface area contributed by atoms with E-state index in [0.29, 0.717) is 29.0 Å². The van der Waals surface area contributed by atoms with E-state index in [1.54, 1.807) is 6.07 Å². The van der Waals surface area contributed by atoms with Crippen LogP contribution in [0.2, 0.25) is 0 Å². The first-order chi connectivity index (χ1) is 16.9. The summed E-state index contributed by atoms with van der Waals surface area (Å²) in [4.78, 5) is 26.5. The molecule has 1 unspecified atom stereocenters. The number of fused-ring (bicyclic) bond motifs is 3. The van der Waals surface area contributed by atoms with Crippen LogP contribution in [-0.4, -0.2) is 58.9 Å². The summed E-state index contributed by atoms with van der Waals surface area (Å²) in [5, 5.41) is 22.4. The minimum Gasteiger partial charge on any atom is -1.00 e. The van der Waals surface area contributed by atoms with Crippen molar-refractivity contribution in [3.05, 3.63) is 34.2 Å². The summed E-state index contributed by atoms with van der Waals surface area (Å²) in [6.07, 6.45) is 7.11. The molecule has 1 aliphatic carbocycles. The van der Waals surface area contributed by atoms with Crippen LogP contribution in [0, 0.1) is 11.8 Å². The standard InChI is InChI=1S/C26H35N3O5S.BrH/c1-2-21-14-23(28-34-21)27-24(30)16-29-11-8-18(9-12-29)22(15-29)33-25(31)26(32,20-10-13-35-17-20)19-6-4-3-5-7-19;/h10,13-14,17-19,22,32H,2-9,11-12,15-16H2,1H3;1H/t18?,22?,26-,29?;/m1./s1. The Balaban J connectivity index is 0.00000304. The number of hydrogen-bond acceptors (Lipinski definition) is 7. The maximum Gasteiger partial charge on any atom is 0.343 e. The van der Waals surface area contributed by atoms with Crippen LogP contribution in [0.25, 0.3) is 0 Å². The number of rotatable bonds is 8. The van der Waals surface area contributed by atoms with Crippen molar-refractivity contribution < 1.29 is 45.4 Å². The molecule has 10 heteroatoms. The van der Waals surface area contributed by atoms with Crippen molar-refractivity contribution in [3.8, 4) is 0 Å². The molecule has 3 aliphatic heterocycles. The SMILES string of the molecule is CCc1cc(NC(=O)C[N+]23CCC(CC2)C(OC(=O)[C@](O)(c2ccsc2)C2CCCCC2)C3)no1.[Br-]. The maximum atomic E-state index is 13.6. The molecule has 4 fully saturated rings. The van der Waals surface area contributed by atoms with Gasteiger partial charge in [-0.3, -0.25) is 4.79 Å². The molecule has 3 saturated heterocycles. The fourth-order valence-corrected chi connectivity index (χ4v) is 7.06. The van der Waals surface area contributed by atoms with Crippen molar-refractivity contribution in [1.82, 2.24) is 5.16 Å². The van der Waals surface area contributed by atoms with Gasteiger partial charge < -0.3 is 41.1 Å². The molecular formula is C26H36BrN3O5S. The van der Waals surface area contributed by atoms with Crippen LogP contribution >= 0.6 is 11.3 Å². The highest BCUT2D eigenvalue weighted by atomic mass is 79.9. The van der Waals surface area contributed by atoms with Gasteiger partial charge in [-0.05, 0) is 29.7 Å². The molecule has 2 bridgehead atoms. The Morgan fingerprint density at radius 3 is 2.64 bits per heavy atom. The van der Waals surface area contributed by atoms with Gasteiger partial charge >= 0.3 is 5.97 Å². The molecule has 2 N–H and O–H groups in total. The molecule has 8 nitrogen and oxygen atoms in total. The third-order valence-electron chi connectivity index (χ3n) is 8.42. The normalized spacial score (nSPS) is 27.6. The van der Waals surface area contributed by atoms with E-state index in [-0.39, 0.29) is 40.8 Å². The number of amides is 1. The predicted molar refractivity (Wildman–Crippen MR) is 132 cm³/mol. The number of quaternary nitrogens is 1. The number of anilines is 1. The van der Waals surface area contributed by atoms with Gasteiger partial charge in [-0.25, -0.2) is 4.79 Å². The van der Waals surface area contributed by atoms with Crippen LogP contribution in [0.3, 0.4) is 0 Å². The number of aryl methyl sites for hydroxylation is 1. The van der Waals surface area contributed by atoms with Gasteiger partial charge in [-0.1, -0.05) is 31.3 Å². The van der Waals surface area contributed by atoms with Crippen LogP contribution in [0.5, 0.6) is 0 Å². The number of carbonyl (C=O) groups excluding carboxylic acids is 2. The zero-order chi connectivity index (χ0) is 24.5. The van der Waals surface area contributed by atoms with Crippen molar-refractivity contribution in [2.45, 2.75) is 70.0 Å². The van der Waals surface area contributed by atoms with Crippen LogP contribution in [0.15, 0.2) is 27.4 Å². The van der Waals surface area contributed by atoms with Gasteiger partial charge in [-0.2, -0.15) is 11.3 Å². The second kappa shape index (κ2) is 11.3. The highest BCUT2D eigenvalue weighted by Crippen LogP contribution is 2.43. The highest BCUT2D eigenvalue weighted by molar-refractivity contribution is 7.08. The number of nitrogens with one attached hydrogen (secondary N) is 1. The van der Waals surface area contributed by atoms with Crippen molar-refractivity contribution in [3.63, 3.8) is 0 Å². The Morgan fingerprint density at radius 1 is 1.25 bits per heavy atom. The van der Waals surface area contributed by atoms with E-state index in [0.717, 1.165) is 70.2 Å². The molecule has 36 heavy (non-hydrogen) atoms. The number of nitrogens with zero attached hydrogens (tertiary/aromatic N) is 2. The summed E-state index contributed by atoms with van der Waals surface area (Å²) in [6.45, 7) is 4.67. The molecular weight excluding hydrogens is 546 g/mol. The summed E-state index contributed by atoms with van der Waals surface area (Å²) < 4.78 is 11.9. The fraction of sp³-hybridized carbons (Fsp3) is 0.654. The Hall–Kier alpha value is -1.75. The van der Waals surface area contributed by atoms with Crippen molar-refractivity contribution >= 4 is 29.0 Å². The summed E-state index contributed by atoms with van der Waals surface area (Å²) in [5.41, 5.74) is -0.943. The largest absolute Gasteiger partial charge is 1.00 e. The number of halogens is 1. The average Bonchev–Trinajstić information content (AvgIpc) is 3.57. The molecule has 0 radical (unpaired) electrons. The summed E-state index contributed by atoms with van der Waals surface area (Å²) >= 11 is 1.49. The van der Waals surface area contributed by atoms with Gasteiger partial charge in [0.15, 0.2) is 24.1 Å². The van der Waals surface area contributed by atoms with E-state index in [1.807, 2.05) is 23.8 Å². The number of ether oxygens (including phenoxy) is 1. The molecule has 1 amide bonds. The predicted octanol–water partition coefficient (Wildman–Crippen LogP) is 0.861. The summed E-state index contributed by atoms with van der Waals surface area (Å²) in [6, 6.07) is 3.60. The molecule has 0 aromatic carbocycles. The van der Waals surface area contributed by atoms with Gasteiger partial charge in [0.05, 0.1) is 13.1 Å². The lowest BCUT2D eigenvalue weighted by Gasteiger charge is -2.52. The first-order valence-electron chi connectivity index (χ1n) is 13.0. The molecule has 2 aromatic rings. The molecule has 6 rings (SSSR count). The van der Waals surface area contributed by atoms with Crippen molar-refractivity contribution in [2.24, 2.45) is 11.8 Å². The quantitative estimate of drug-likeness (QED) is 0.354. The van der Waals surface area contributed by atoms with E-state index in [1.165, 1.54) is 11.3 Å². The highest BCUT2D eigenvalue weighted by Gasteiger charge is 2.53. The molecule has 198 valence electrons.